The number of aromatic nitrogens is 4. The number of aryl methyl sites for hydroxylation is 1. The lowest BCUT2D eigenvalue weighted by Gasteiger charge is -2.31. The molecular weight excluding hydrogens is 296 g/mol. The summed E-state index contributed by atoms with van der Waals surface area (Å²) in [4.78, 5) is 18.9. The van der Waals surface area contributed by atoms with Crippen molar-refractivity contribution in [1.82, 2.24) is 24.7 Å². The first kappa shape index (κ1) is 14.4. The number of nitrogens with one attached hydrogen (secondary N) is 1. The van der Waals surface area contributed by atoms with E-state index < -0.39 is 0 Å². The molecule has 1 atom stereocenters. The van der Waals surface area contributed by atoms with Gasteiger partial charge in [-0.2, -0.15) is 0 Å². The first-order valence-corrected chi connectivity index (χ1v) is 8.06. The summed E-state index contributed by atoms with van der Waals surface area (Å²) in [5, 5.41) is 11.8. The lowest BCUT2D eigenvalue weighted by molar-refractivity contribution is -0.131. The van der Waals surface area contributed by atoms with Gasteiger partial charge in [0, 0.05) is 25.8 Å². The minimum Gasteiger partial charge on any atom is -0.381 e. The van der Waals surface area contributed by atoms with Crippen molar-refractivity contribution < 1.29 is 9.53 Å². The van der Waals surface area contributed by atoms with Crippen molar-refractivity contribution in [2.45, 2.75) is 38.3 Å². The highest BCUT2D eigenvalue weighted by molar-refractivity contribution is 5.86. The Labute approximate surface area is 133 Å². The van der Waals surface area contributed by atoms with Crippen LogP contribution in [-0.2, 0) is 9.53 Å². The zero-order valence-electron chi connectivity index (χ0n) is 13.1. The molecule has 0 aromatic carbocycles. The maximum atomic E-state index is 12.6. The number of ether oxygens (including phenoxy) is 1. The van der Waals surface area contributed by atoms with Crippen LogP contribution in [0.5, 0.6) is 0 Å². The second kappa shape index (κ2) is 5.77. The first-order valence-electron chi connectivity index (χ1n) is 8.06. The number of fused-ring (bicyclic) bond motifs is 1. The summed E-state index contributed by atoms with van der Waals surface area (Å²) >= 11 is 0. The topological polar surface area (TPSA) is 84.6 Å². The van der Waals surface area contributed by atoms with Gasteiger partial charge in [-0.15, -0.1) is 14.8 Å². The average Bonchev–Trinajstić information content (AvgIpc) is 3.10. The number of amides is 1. The fourth-order valence-electron chi connectivity index (χ4n) is 3.34. The van der Waals surface area contributed by atoms with Crippen LogP contribution in [0.3, 0.4) is 0 Å². The van der Waals surface area contributed by atoms with Gasteiger partial charge in [-0.1, -0.05) is 0 Å². The van der Waals surface area contributed by atoms with E-state index in [1.165, 1.54) is 4.63 Å². The van der Waals surface area contributed by atoms with Gasteiger partial charge in [0.1, 0.15) is 17.7 Å². The Hall–Kier alpha value is -2.22. The summed E-state index contributed by atoms with van der Waals surface area (Å²) in [6.45, 7) is 4.12. The number of rotatable bonds is 3. The van der Waals surface area contributed by atoms with Gasteiger partial charge in [0.05, 0.1) is 0 Å². The summed E-state index contributed by atoms with van der Waals surface area (Å²) in [6, 6.07) is 3.79. The Morgan fingerprint density at radius 2 is 2.04 bits per heavy atom. The predicted octanol–water partition coefficient (Wildman–Crippen LogP) is 0.625. The molecule has 2 aromatic rings. The third kappa shape index (κ3) is 2.74. The largest absolute Gasteiger partial charge is 0.381 e. The van der Waals surface area contributed by atoms with Gasteiger partial charge in [0.15, 0.2) is 5.65 Å². The number of hydrogen-bond donors (Lipinski definition) is 1. The molecule has 2 fully saturated rings. The van der Waals surface area contributed by atoms with Gasteiger partial charge >= 0.3 is 0 Å². The van der Waals surface area contributed by atoms with Gasteiger partial charge in [-0.25, -0.2) is 4.98 Å². The van der Waals surface area contributed by atoms with Gasteiger partial charge in [0.2, 0.25) is 5.91 Å². The smallest absolute Gasteiger partial charge is 0.245 e. The van der Waals surface area contributed by atoms with Gasteiger partial charge in [0.25, 0.3) is 0 Å². The van der Waals surface area contributed by atoms with E-state index in [1.807, 2.05) is 24.0 Å². The molecule has 2 aliphatic heterocycles. The third-order valence-corrected chi connectivity index (χ3v) is 4.51. The Morgan fingerprint density at radius 3 is 2.87 bits per heavy atom. The number of carbonyl (C=O) groups is 1. The Morgan fingerprint density at radius 1 is 1.22 bits per heavy atom. The molecule has 8 nitrogen and oxygen atoms in total. The predicted molar refractivity (Wildman–Crippen MR) is 83.1 cm³/mol. The standard InChI is InChI=1S/C15H20N6O2/c1-10-16-14-3-2-13(19-21(14)18-10)17-12-4-7-20(15(12)22)11-5-8-23-9-6-11/h2-3,11-12H,4-9H2,1H3,(H,17,19). The molecule has 0 bridgehead atoms. The van der Waals surface area contributed by atoms with E-state index in [0.29, 0.717) is 23.3 Å². The first-order chi connectivity index (χ1) is 11.2. The zero-order chi connectivity index (χ0) is 15.8. The minimum atomic E-state index is -0.215. The van der Waals surface area contributed by atoms with Gasteiger partial charge in [-0.3, -0.25) is 4.79 Å². The Balaban J connectivity index is 1.46. The molecule has 1 amide bonds. The van der Waals surface area contributed by atoms with E-state index >= 15 is 0 Å². The summed E-state index contributed by atoms with van der Waals surface area (Å²) in [7, 11) is 0. The van der Waals surface area contributed by atoms with Crippen LogP contribution in [0.1, 0.15) is 25.1 Å². The third-order valence-electron chi connectivity index (χ3n) is 4.51. The van der Waals surface area contributed by atoms with Crippen molar-refractivity contribution >= 4 is 17.4 Å². The van der Waals surface area contributed by atoms with Crippen molar-refractivity contribution in [2.24, 2.45) is 0 Å². The van der Waals surface area contributed by atoms with E-state index in [2.05, 4.69) is 20.5 Å². The highest BCUT2D eigenvalue weighted by atomic mass is 16.5. The monoisotopic (exact) mass is 316 g/mol. The van der Waals surface area contributed by atoms with Crippen molar-refractivity contribution in [1.29, 1.82) is 0 Å². The van der Waals surface area contributed by atoms with Crippen molar-refractivity contribution in [3.05, 3.63) is 18.0 Å². The lowest BCUT2D eigenvalue weighted by atomic mass is 10.1. The van der Waals surface area contributed by atoms with Crippen LogP contribution in [0, 0.1) is 6.92 Å². The summed E-state index contributed by atoms with van der Waals surface area (Å²) in [5.41, 5.74) is 0.703. The number of anilines is 1. The van der Waals surface area contributed by atoms with E-state index in [0.717, 1.165) is 39.0 Å². The average molecular weight is 316 g/mol. The highest BCUT2D eigenvalue weighted by Crippen LogP contribution is 2.23. The molecule has 23 heavy (non-hydrogen) atoms. The number of likely N-dealkylation sites (tertiary alicyclic amines) is 1. The zero-order valence-corrected chi connectivity index (χ0v) is 13.1. The normalized spacial score (nSPS) is 22.9. The van der Waals surface area contributed by atoms with E-state index in [9.17, 15) is 4.79 Å². The molecule has 122 valence electrons. The number of hydrogen-bond acceptors (Lipinski definition) is 6. The highest BCUT2D eigenvalue weighted by Gasteiger charge is 2.36. The second-order valence-corrected chi connectivity index (χ2v) is 6.09. The van der Waals surface area contributed by atoms with Crippen LogP contribution in [-0.4, -0.2) is 62.5 Å². The molecule has 1 unspecified atom stereocenters. The maximum Gasteiger partial charge on any atom is 0.245 e. The quantitative estimate of drug-likeness (QED) is 0.894. The molecule has 2 saturated heterocycles. The second-order valence-electron chi connectivity index (χ2n) is 6.09. The summed E-state index contributed by atoms with van der Waals surface area (Å²) in [5.74, 6) is 1.49. The molecule has 0 radical (unpaired) electrons. The molecule has 0 spiro atoms. The van der Waals surface area contributed by atoms with E-state index in [1.54, 1.807) is 0 Å². The molecule has 0 saturated carbocycles. The Bertz CT molecular complexity index is 724. The molecule has 2 aromatic heterocycles. The van der Waals surface area contributed by atoms with Gasteiger partial charge < -0.3 is 15.0 Å². The molecule has 2 aliphatic rings. The minimum absolute atomic E-state index is 0.161. The number of nitrogens with zero attached hydrogens (tertiary/aromatic N) is 5. The van der Waals surface area contributed by atoms with Crippen molar-refractivity contribution in [3.8, 4) is 0 Å². The van der Waals surface area contributed by atoms with Crippen LogP contribution < -0.4 is 5.32 Å². The van der Waals surface area contributed by atoms with Crippen LogP contribution in [0.15, 0.2) is 12.1 Å². The fourth-order valence-corrected chi connectivity index (χ4v) is 3.34. The van der Waals surface area contributed by atoms with Crippen molar-refractivity contribution in [3.63, 3.8) is 0 Å². The summed E-state index contributed by atoms with van der Waals surface area (Å²) in [6.07, 6.45) is 2.66. The van der Waals surface area contributed by atoms with E-state index in [4.69, 9.17) is 4.74 Å². The van der Waals surface area contributed by atoms with E-state index in [-0.39, 0.29) is 11.9 Å². The fraction of sp³-hybridized carbons (Fsp3) is 0.600. The van der Waals surface area contributed by atoms with Crippen LogP contribution in [0.25, 0.3) is 5.65 Å². The molecule has 4 rings (SSSR count). The molecule has 1 N–H and O–H groups in total. The van der Waals surface area contributed by atoms with Crippen molar-refractivity contribution in [2.75, 3.05) is 25.1 Å². The molecular formula is C15H20N6O2. The molecule has 4 heterocycles. The van der Waals surface area contributed by atoms with Crippen LogP contribution in [0.2, 0.25) is 0 Å². The molecule has 8 heteroatoms. The maximum absolute atomic E-state index is 12.6. The SMILES string of the molecule is Cc1nc2ccc(NC3CCN(C4CCOCC4)C3=O)nn2n1. The Kier molecular flexibility index (Phi) is 3.60. The number of carbonyl (C=O) groups excluding carboxylic acids is 1. The van der Waals surface area contributed by atoms with Crippen LogP contribution >= 0.6 is 0 Å². The lowest BCUT2D eigenvalue weighted by Crippen LogP contribution is -2.43. The molecule has 0 aliphatic carbocycles. The summed E-state index contributed by atoms with van der Waals surface area (Å²) < 4.78 is 6.87. The van der Waals surface area contributed by atoms with Crippen LogP contribution in [0.4, 0.5) is 5.82 Å². The van der Waals surface area contributed by atoms with Gasteiger partial charge in [-0.05, 0) is 38.3 Å².